The van der Waals surface area contributed by atoms with Crippen molar-refractivity contribution in [1.29, 1.82) is 0 Å². The van der Waals surface area contributed by atoms with Crippen LogP contribution in [0.15, 0.2) is 77.6 Å². The standard InChI is InChI=1S/C24H14ClN3O2S/c25-16-9-3-1-7-14(16)13-27-18-11-5-2-8-15(18)20(22(27)29)21-23(30)28-19-12-6-4-10-17(19)26-24(28)31-21/h1-12H,13H2/b21-20-. The smallest absolute Gasteiger partial charge is 0.275 e. The Morgan fingerprint density at radius 2 is 1.65 bits per heavy atom. The van der Waals surface area contributed by atoms with E-state index in [9.17, 15) is 9.59 Å². The van der Waals surface area contributed by atoms with Gasteiger partial charge < -0.3 is 4.90 Å². The molecule has 0 N–H and O–H groups in total. The number of carbonyl (C=O) groups excluding carboxylic acids is 1. The Balaban J connectivity index is 1.60. The highest BCUT2D eigenvalue weighted by Crippen LogP contribution is 2.37. The quantitative estimate of drug-likeness (QED) is 0.414. The largest absolute Gasteiger partial charge is 0.303 e. The Bertz CT molecular complexity index is 1640. The number of imidazole rings is 1. The number of para-hydroxylation sites is 3. The van der Waals surface area contributed by atoms with Crippen LogP contribution in [0.3, 0.4) is 0 Å². The van der Waals surface area contributed by atoms with Crippen LogP contribution in [-0.4, -0.2) is 15.3 Å². The molecule has 1 amide bonds. The van der Waals surface area contributed by atoms with Gasteiger partial charge in [-0.05, 0) is 29.8 Å². The first-order valence-electron chi connectivity index (χ1n) is 9.72. The maximum atomic E-state index is 13.6. The predicted molar refractivity (Wildman–Crippen MR) is 124 cm³/mol. The summed E-state index contributed by atoms with van der Waals surface area (Å²) in [5.74, 6) is -0.202. The van der Waals surface area contributed by atoms with Crippen molar-refractivity contribution in [2.75, 3.05) is 4.90 Å². The first-order chi connectivity index (χ1) is 15.1. The molecule has 0 saturated carbocycles. The van der Waals surface area contributed by atoms with E-state index in [2.05, 4.69) is 4.98 Å². The van der Waals surface area contributed by atoms with Gasteiger partial charge in [0.05, 0.1) is 28.8 Å². The lowest BCUT2D eigenvalue weighted by Gasteiger charge is -2.17. The van der Waals surface area contributed by atoms with Crippen molar-refractivity contribution >= 4 is 56.1 Å². The van der Waals surface area contributed by atoms with E-state index in [-0.39, 0.29) is 11.5 Å². The summed E-state index contributed by atoms with van der Waals surface area (Å²) in [5, 5.41) is 0.604. The molecule has 2 aromatic heterocycles. The van der Waals surface area contributed by atoms with Gasteiger partial charge in [-0.15, -0.1) is 0 Å². The molecule has 1 aliphatic rings. The molecule has 3 aromatic carbocycles. The van der Waals surface area contributed by atoms with Gasteiger partial charge in [0.1, 0.15) is 4.53 Å². The topological polar surface area (TPSA) is 54.7 Å². The Morgan fingerprint density at radius 1 is 0.903 bits per heavy atom. The minimum atomic E-state index is -0.216. The number of fused-ring (bicyclic) bond motifs is 4. The van der Waals surface area contributed by atoms with Gasteiger partial charge in [0.25, 0.3) is 11.5 Å². The van der Waals surface area contributed by atoms with Crippen LogP contribution in [0.2, 0.25) is 5.02 Å². The molecule has 0 fully saturated rings. The minimum Gasteiger partial charge on any atom is -0.303 e. The first-order valence-corrected chi connectivity index (χ1v) is 10.9. The van der Waals surface area contributed by atoms with Gasteiger partial charge in [-0.25, -0.2) is 9.38 Å². The first kappa shape index (κ1) is 18.3. The number of rotatable bonds is 2. The second-order valence-electron chi connectivity index (χ2n) is 7.33. The number of carbonyl (C=O) groups is 1. The molecule has 150 valence electrons. The average molecular weight is 444 g/mol. The molecule has 1 aliphatic heterocycles. The van der Waals surface area contributed by atoms with Gasteiger partial charge in [0.15, 0.2) is 4.96 Å². The van der Waals surface area contributed by atoms with Crippen LogP contribution in [0, 0.1) is 0 Å². The second-order valence-corrected chi connectivity index (χ2v) is 8.71. The molecule has 3 heterocycles. The third-order valence-corrected chi connectivity index (χ3v) is 6.97. The Labute approximate surface area is 185 Å². The fraction of sp³-hybridized carbons (Fsp3) is 0.0417. The van der Waals surface area contributed by atoms with Gasteiger partial charge in [-0.2, -0.15) is 0 Å². The van der Waals surface area contributed by atoms with E-state index in [0.29, 0.717) is 26.6 Å². The number of halogens is 1. The summed E-state index contributed by atoms with van der Waals surface area (Å²) in [4.78, 5) is 33.8. The summed E-state index contributed by atoms with van der Waals surface area (Å²) < 4.78 is 2.00. The molecule has 0 bridgehead atoms. The van der Waals surface area contributed by atoms with E-state index in [1.807, 2.05) is 72.8 Å². The summed E-state index contributed by atoms with van der Waals surface area (Å²) in [6, 6.07) is 22.5. The Morgan fingerprint density at radius 3 is 2.52 bits per heavy atom. The lowest BCUT2D eigenvalue weighted by Crippen LogP contribution is -2.32. The SMILES string of the molecule is O=C1/C(=c2\sc3nc4ccccc4n3c2=O)c2ccccc2N1Cc1ccccc1Cl. The number of nitrogens with zero attached hydrogens (tertiary/aromatic N) is 3. The zero-order valence-electron chi connectivity index (χ0n) is 16.1. The summed E-state index contributed by atoms with van der Waals surface area (Å²) in [6.07, 6.45) is 0. The average Bonchev–Trinajstić information content (AvgIpc) is 3.39. The monoisotopic (exact) mass is 443 g/mol. The van der Waals surface area contributed by atoms with Crippen LogP contribution in [0.5, 0.6) is 0 Å². The Hall–Kier alpha value is -3.48. The van der Waals surface area contributed by atoms with Crippen molar-refractivity contribution < 1.29 is 4.79 Å². The number of hydrogen-bond acceptors (Lipinski definition) is 4. The maximum absolute atomic E-state index is 13.6. The van der Waals surface area contributed by atoms with Crippen molar-refractivity contribution in [2.45, 2.75) is 6.54 Å². The fourth-order valence-corrected chi connectivity index (χ4v) is 5.39. The summed E-state index contributed by atoms with van der Waals surface area (Å²) in [7, 11) is 0. The van der Waals surface area contributed by atoms with Crippen molar-refractivity contribution in [3.63, 3.8) is 0 Å². The molecular weight excluding hydrogens is 430 g/mol. The molecule has 0 radical (unpaired) electrons. The summed E-state index contributed by atoms with van der Waals surface area (Å²) in [6.45, 7) is 0.332. The number of aromatic nitrogens is 2. The highest BCUT2D eigenvalue weighted by Gasteiger charge is 2.34. The zero-order valence-corrected chi connectivity index (χ0v) is 17.7. The molecule has 5 aromatic rings. The van der Waals surface area contributed by atoms with Crippen LogP contribution in [-0.2, 0) is 11.3 Å². The number of benzene rings is 3. The third-order valence-electron chi connectivity index (χ3n) is 5.56. The van der Waals surface area contributed by atoms with Gasteiger partial charge in [0, 0.05) is 10.6 Å². The van der Waals surface area contributed by atoms with E-state index >= 15 is 0 Å². The van der Waals surface area contributed by atoms with E-state index in [4.69, 9.17) is 11.6 Å². The fourth-order valence-electron chi connectivity index (χ4n) is 4.12. The van der Waals surface area contributed by atoms with Crippen molar-refractivity contribution in [3.05, 3.63) is 104 Å². The molecule has 6 rings (SSSR count). The van der Waals surface area contributed by atoms with Gasteiger partial charge in [0.2, 0.25) is 0 Å². The van der Waals surface area contributed by atoms with E-state index in [1.165, 1.54) is 11.3 Å². The number of thiazole rings is 1. The number of anilines is 1. The molecule has 5 nitrogen and oxygen atoms in total. The molecular formula is C24H14ClN3O2S. The molecule has 0 aliphatic carbocycles. The molecule has 0 saturated heterocycles. The molecule has 0 atom stereocenters. The van der Waals surface area contributed by atoms with Gasteiger partial charge >= 0.3 is 0 Å². The van der Waals surface area contributed by atoms with E-state index < -0.39 is 0 Å². The second kappa shape index (κ2) is 6.77. The maximum Gasteiger partial charge on any atom is 0.275 e. The highest BCUT2D eigenvalue weighted by molar-refractivity contribution is 7.15. The van der Waals surface area contributed by atoms with Gasteiger partial charge in [-0.1, -0.05) is 71.5 Å². The lowest BCUT2D eigenvalue weighted by molar-refractivity contribution is -0.113. The Kier molecular flexibility index (Phi) is 4.00. The highest BCUT2D eigenvalue weighted by atomic mass is 35.5. The van der Waals surface area contributed by atoms with Crippen molar-refractivity contribution in [1.82, 2.24) is 9.38 Å². The molecule has 7 heteroatoms. The third kappa shape index (κ3) is 2.65. The van der Waals surface area contributed by atoms with E-state index in [0.717, 1.165) is 27.8 Å². The lowest BCUT2D eigenvalue weighted by atomic mass is 10.1. The van der Waals surface area contributed by atoms with E-state index in [1.54, 1.807) is 9.30 Å². The minimum absolute atomic E-state index is 0.202. The van der Waals surface area contributed by atoms with Gasteiger partial charge in [-0.3, -0.25) is 9.59 Å². The number of hydrogen-bond donors (Lipinski definition) is 0. The van der Waals surface area contributed by atoms with Crippen LogP contribution in [0.25, 0.3) is 21.6 Å². The molecule has 31 heavy (non-hydrogen) atoms. The van der Waals surface area contributed by atoms with Crippen molar-refractivity contribution in [2.24, 2.45) is 0 Å². The molecule has 0 unspecified atom stereocenters. The molecule has 0 spiro atoms. The predicted octanol–water partition coefficient (Wildman–Crippen LogP) is 4.03. The zero-order chi connectivity index (χ0) is 21.1. The van der Waals surface area contributed by atoms with Crippen LogP contribution in [0.1, 0.15) is 11.1 Å². The van der Waals surface area contributed by atoms with Crippen LogP contribution in [0.4, 0.5) is 5.69 Å². The summed E-state index contributed by atoms with van der Waals surface area (Å²) >= 11 is 7.60. The number of amides is 1. The van der Waals surface area contributed by atoms with Crippen LogP contribution < -0.4 is 15.0 Å². The normalized spacial score (nSPS) is 15.3. The van der Waals surface area contributed by atoms with Crippen LogP contribution >= 0.6 is 22.9 Å². The summed E-state index contributed by atoms with van der Waals surface area (Å²) in [5.41, 5.74) is 4.10. The van der Waals surface area contributed by atoms with Crippen molar-refractivity contribution in [3.8, 4) is 0 Å².